The van der Waals surface area contributed by atoms with Crippen molar-refractivity contribution in [1.29, 1.82) is 0 Å². The van der Waals surface area contributed by atoms with Crippen molar-refractivity contribution >= 4 is 27.8 Å². The molecule has 6 nitrogen and oxygen atoms in total. The minimum atomic E-state index is -0.605. The number of pyridine rings is 1. The number of benzene rings is 3. The lowest BCUT2D eigenvalue weighted by molar-refractivity contribution is 0.0729. The van der Waals surface area contributed by atoms with Crippen LogP contribution in [0.1, 0.15) is 16.2 Å². The molecule has 162 valence electrons. The summed E-state index contributed by atoms with van der Waals surface area (Å²) in [7, 11) is 1.59. The molecule has 0 fully saturated rings. The third kappa shape index (κ3) is 3.83. The van der Waals surface area contributed by atoms with Crippen molar-refractivity contribution in [2.75, 3.05) is 7.11 Å². The molecule has 0 atom stereocenters. The Morgan fingerprint density at radius 1 is 0.909 bits per heavy atom. The van der Waals surface area contributed by atoms with Gasteiger partial charge in [-0.3, -0.25) is 4.79 Å². The highest BCUT2D eigenvalue weighted by atomic mass is 16.5. The molecule has 0 amide bonds. The number of ether oxygens (including phenoxy) is 2. The Bertz CT molecular complexity index is 1570. The average Bonchev–Trinajstić information content (AvgIpc) is 2.83. The third-order valence-electron chi connectivity index (χ3n) is 5.42. The first kappa shape index (κ1) is 20.5. The number of aryl methyl sites for hydroxylation is 1. The van der Waals surface area contributed by atoms with E-state index in [1.165, 1.54) is 0 Å². The molecule has 0 aliphatic rings. The minimum absolute atomic E-state index is 0.135. The first-order valence-electron chi connectivity index (χ1n) is 10.3. The Labute approximate surface area is 189 Å². The lowest BCUT2D eigenvalue weighted by Crippen LogP contribution is -2.11. The van der Waals surface area contributed by atoms with Crippen LogP contribution in [0.5, 0.6) is 11.5 Å². The topological polar surface area (TPSA) is 78.6 Å². The summed E-state index contributed by atoms with van der Waals surface area (Å²) in [4.78, 5) is 30.2. The van der Waals surface area contributed by atoms with E-state index >= 15 is 0 Å². The van der Waals surface area contributed by atoms with Gasteiger partial charge >= 0.3 is 5.97 Å². The fourth-order valence-electron chi connectivity index (χ4n) is 3.79. The molecule has 0 bridgehead atoms. The molecule has 33 heavy (non-hydrogen) atoms. The Balaban J connectivity index is 1.46. The fourth-order valence-corrected chi connectivity index (χ4v) is 3.79. The summed E-state index contributed by atoms with van der Waals surface area (Å²) in [6, 6.07) is 22.9. The van der Waals surface area contributed by atoms with Crippen LogP contribution in [0.25, 0.3) is 33.0 Å². The van der Waals surface area contributed by atoms with E-state index in [-0.39, 0.29) is 16.9 Å². The van der Waals surface area contributed by atoms with Gasteiger partial charge in [-0.2, -0.15) is 0 Å². The number of nitrogens with zero attached hydrogens (tertiary/aromatic N) is 1. The van der Waals surface area contributed by atoms with Gasteiger partial charge in [0, 0.05) is 11.5 Å². The van der Waals surface area contributed by atoms with Crippen LogP contribution in [0.2, 0.25) is 0 Å². The second-order valence-corrected chi connectivity index (χ2v) is 7.53. The highest BCUT2D eigenvalue weighted by Crippen LogP contribution is 2.27. The fraction of sp³-hybridized carbons (Fsp3) is 0.0741. The van der Waals surface area contributed by atoms with Crippen molar-refractivity contribution in [3.8, 4) is 22.6 Å². The van der Waals surface area contributed by atoms with Crippen molar-refractivity contribution in [1.82, 2.24) is 4.98 Å². The Morgan fingerprint density at radius 2 is 1.70 bits per heavy atom. The molecule has 0 spiro atoms. The molecule has 3 aromatic carbocycles. The number of aromatic nitrogens is 1. The third-order valence-corrected chi connectivity index (χ3v) is 5.42. The van der Waals surface area contributed by atoms with Crippen LogP contribution in [0.3, 0.4) is 0 Å². The van der Waals surface area contributed by atoms with Gasteiger partial charge in [-0.15, -0.1) is 0 Å². The Morgan fingerprint density at radius 3 is 2.48 bits per heavy atom. The zero-order chi connectivity index (χ0) is 22.9. The number of esters is 1. The monoisotopic (exact) mass is 437 g/mol. The molecule has 0 saturated carbocycles. The molecule has 2 heterocycles. The molecule has 5 aromatic rings. The van der Waals surface area contributed by atoms with Crippen LogP contribution in [0.4, 0.5) is 0 Å². The van der Waals surface area contributed by atoms with Crippen molar-refractivity contribution < 1.29 is 18.7 Å². The van der Waals surface area contributed by atoms with Gasteiger partial charge in [0.2, 0.25) is 5.43 Å². The van der Waals surface area contributed by atoms with Gasteiger partial charge in [0.15, 0.2) is 0 Å². The number of methoxy groups -OCH3 is 1. The Hall–Kier alpha value is -4.45. The van der Waals surface area contributed by atoms with Gasteiger partial charge in [0.05, 0.1) is 23.6 Å². The zero-order valence-corrected chi connectivity index (χ0v) is 18.0. The van der Waals surface area contributed by atoms with Crippen molar-refractivity contribution in [2.24, 2.45) is 0 Å². The van der Waals surface area contributed by atoms with Gasteiger partial charge in [-0.05, 0) is 48.9 Å². The van der Waals surface area contributed by atoms with Crippen LogP contribution >= 0.6 is 0 Å². The van der Waals surface area contributed by atoms with Crippen LogP contribution in [-0.4, -0.2) is 18.1 Å². The maximum Gasteiger partial charge on any atom is 0.362 e. The van der Waals surface area contributed by atoms with Gasteiger partial charge in [0.1, 0.15) is 28.5 Å². The van der Waals surface area contributed by atoms with E-state index in [1.54, 1.807) is 56.5 Å². The number of carbonyl (C=O) groups excluding carboxylic acids is 1. The molecular weight excluding hydrogens is 418 g/mol. The lowest BCUT2D eigenvalue weighted by atomic mass is 10.0. The predicted molar refractivity (Wildman–Crippen MR) is 126 cm³/mol. The summed E-state index contributed by atoms with van der Waals surface area (Å²) in [5, 5.41) is 1.26. The average molecular weight is 437 g/mol. The smallest absolute Gasteiger partial charge is 0.362 e. The number of hydrogen-bond donors (Lipinski definition) is 0. The van der Waals surface area contributed by atoms with Crippen LogP contribution in [0.15, 0.2) is 88.1 Å². The van der Waals surface area contributed by atoms with Crippen LogP contribution in [-0.2, 0) is 0 Å². The van der Waals surface area contributed by atoms with E-state index in [0.29, 0.717) is 33.6 Å². The van der Waals surface area contributed by atoms with Crippen LogP contribution in [0, 0.1) is 6.92 Å². The van der Waals surface area contributed by atoms with E-state index in [9.17, 15) is 9.59 Å². The first-order valence-corrected chi connectivity index (χ1v) is 10.3. The van der Waals surface area contributed by atoms with E-state index < -0.39 is 5.97 Å². The van der Waals surface area contributed by atoms with E-state index in [4.69, 9.17) is 13.9 Å². The molecular formula is C27H19NO5. The van der Waals surface area contributed by atoms with Gasteiger partial charge in [0.25, 0.3) is 0 Å². The second-order valence-electron chi connectivity index (χ2n) is 7.53. The summed E-state index contributed by atoms with van der Waals surface area (Å²) >= 11 is 0. The molecule has 0 N–H and O–H groups in total. The van der Waals surface area contributed by atoms with Crippen LogP contribution < -0.4 is 14.9 Å². The molecule has 0 aliphatic heterocycles. The summed E-state index contributed by atoms with van der Waals surface area (Å²) in [5.74, 6) is 0.864. The highest BCUT2D eigenvalue weighted by molar-refractivity contribution is 5.93. The quantitative estimate of drug-likeness (QED) is 0.271. The molecule has 2 aromatic heterocycles. The van der Waals surface area contributed by atoms with Crippen molar-refractivity contribution in [3.05, 3.63) is 101 Å². The standard InChI is InChI=1S/C27H19NO5/c1-16-25(17-6-4-3-5-7-17)26(29)21-11-9-20(15-24(21)32-16)33-27(30)23-12-8-18-14-19(31-2)10-13-22(18)28-23/h3-15H,1-2H3. The van der Waals surface area contributed by atoms with E-state index in [2.05, 4.69) is 4.98 Å². The van der Waals surface area contributed by atoms with Crippen molar-refractivity contribution in [2.45, 2.75) is 6.92 Å². The maximum absolute atomic E-state index is 13.1. The van der Waals surface area contributed by atoms with Gasteiger partial charge in [-0.1, -0.05) is 36.4 Å². The van der Waals surface area contributed by atoms with E-state index in [1.807, 2.05) is 36.4 Å². The number of fused-ring (bicyclic) bond motifs is 2. The lowest BCUT2D eigenvalue weighted by Gasteiger charge is -2.09. The SMILES string of the molecule is COc1ccc2nc(C(=O)Oc3ccc4c(=O)c(-c5ccccc5)c(C)oc4c3)ccc2c1. The normalized spacial score (nSPS) is 11.0. The summed E-state index contributed by atoms with van der Waals surface area (Å²) < 4.78 is 16.6. The van der Waals surface area contributed by atoms with Gasteiger partial charge < -0.3 is 13.9 Å². The number of hydrogen-bond acceptors (Lipinski definition) is 6. The van der Waals surface area contributed by atoms with Crippen molar-refractivity contribution in [3.63, 3.8) is 0 Å². The van der Waals surface area contributed by atoms with Gasteiger partial charge in [-0.25, -0.2) is 9.78 Å². The zero-order valence-electron chi connectivity index (χ0n) is 18.0. The summed E-state index contributed by atoms with van der Waals surface area (Å²) in [6.07, 6.45) is 0. The molecule has 0 aliphatic carbocycles. The Kier molecular flexibility index (Phi) is 5.11. The highest BCUT2D eigenvalue weighted by Gasteiger charge is 2.16. The maximum atomic E-state index is 13.1. The first-order chi connectivity index (χ1) is 16.0. The largest absolute Gasteiger partial charge is 0.497 e. The molecule has 0 unspecified atom stereocenters. The molecule has 5 rings (SSSR count). The second kappa shape index (κ2) is 8.24. The molecule has 0 radical (unpaired) electrons. The number of carbonyl (C=O) groups is 1. The van der Waals surface area contributed by atoms with E-state index in [0.717, 1.165) is 10.9 Å². The summed E-state index contributed by atoms with van der Waals surface area (Å²) in [5.41, 5.74) is 2.35. The summed E-state index contributed by atoms with van der Waals surface area (Å²) in [6.45, 7) is 1.75. The predicted octanol–water partition coefficient (Wildman–Crippen LogP) is 5.54. The molecule has 6 heteroatoms. The minimum Gasteiger partial charge on any atom is -0.497 e. The molecule has 0 saturated heterocycles. The number of rotatable bonds is 4.